The number of hydrogen-bond acceptors (Lipinski definition) is 4. The van der Waals surface area contributed by atoms with Crippen LogP contribution in [0.5, 0.6) is 0 Å². The first kappa shape index (κ1) is 14.9. The molecule has 3 rings (SSSR count). The Balaban J connectivity index is 0.00000147. The maximum Gasteiger partial charge on any atom is 0.419 e. The number of H-pyrrole nitrogens is 1. The molecule has 0 unspecified atom stereocenters. The van der Waals surface area contributed by atoms with Crippen LogP contribution in [0.3, 0.4) is 0 Å². The molecule has 2 aromatic heterocycles. The Hall–Kier alpha value is -1.54. The lowest BCUT2D eigenvalue weighted by atomic mass is 10.2. The van der Waals surface area contributed by atoms with Crippen LogP contribution in [0.2, 0.25) is 0 Å². The quantitative estimate of drug-likeness (QED) is 0.843. The van der Waals surface area contributed by atoms with Gasteiger partial charge in [0.1, 0.15) is 5.52 Å². The number of hydrogen-bond donors (Lipinski definition) is 2. The van der Waals surface area contributed by atoms with Crippen molar-refractivity contribution >= 4 is 29.3 Å². The number of halogens is 4. The van der Waals surface area contributed by atoms with E-state index in [0.717, 1.165) is 19.3 Å². The number of fused-ring (bicyclic) bond motifs is 1. The zero-order valence-electron chi connectivity index (χ0n) is 10.4. The summed E-state index contributed by atoms with van der Waals surface area (Å²) < 4.78 is 38.6. The lowest BCUT2D eigenvalue weighted by Crippen LogP contribution is -2.44. The van der Waals surface area contributed by atoms with Crippen molar-refractivity contribution in [3.8, 4) is 0 Å². The van der Waals surface area contributed by atoms with Crippen molar-refractivity contribution in [3.05, 3.63) is 18.1 Å². The minimum atomic E-state index is -4.43. The zero-order chi connectivity index (χ0) is 13.5. The van der Waals surface area contributed by atoms with Gasteiger partial charge >= 0.3 is 6.18 Å². The summed E-state index contributed by atoms with van der Waals surface area (Å²) >= 11 is 0. The summed E-state index contributed by atoms with van der Waals surface area (Å²) in [4.78, 5) is 12.5. The fraction of sp³-hybridized carbons (Fsp3) is 0.455. The van der Waals surface area contributed by atoms with E-state index < -0.39 is 11.7 Å². The molecule has 1 aliphatic rings. The van der Waals surface area contributed by atoms with Gasteiger partial charge in [0.2, 0.25) is 0 Å². The highest BCUT2D eigenvalue weighted by molar-refractivity contribution is 5.88. The van der Waals surface area contributed by atoms with E-state index in [1.54, 1.807) is 0 Å². The van der Waals surface area contributed by atoms with Crippen molar-refractivity contribution in [2.45, 2.75) is 6.18 Å². The molecule has 0 bridgehead atoms. The Morgan fingerprint density at radius 2 is 1.85 bits per heavy atom. The molecule has 5 nitrogen and oxygen atoms in total. The van der Waals surface area contributed by atoms with Gasteiger partial charge < -0.3 is 15.2 Å². The monoisotopic (exact) mass is 307 g/mol. The highest BCUT2D eigenvalue weighted by Crippen LogP contribution is 2.35. The molecule has 2 aromatic rings. The topological polar surface area (TPSA) is 56.8 Å². The SMILES string of the molecule is Cl.FC(F)(F)c1cnc(N2CCNCC2)c2nc[nH]c12. The van der Waals surface area contributed by atoms with E-state index in [4.69, 9.17) is 0 Å². The summed E-state index contributed by atoms with van der Waals surface area (Å²) in [6.45, 7) is 2.99. The average Bonchev–Trinajstić information content (AvgIpc) is 2.86. The third-order valence-corrected chi connectivity index (χ3v) is 3.16. The summed E-state index contributed by atoms with van der Waals surface area (Å²) in [5.74, 6) is 0.505. The number of aromatic nitrogens is 3. The molecular formula is C11H13ClF3N5. The van der Waals surface area contributed by atoms with E-state index in [-0.39, 0.29) is 23.4 Å². The molecule has 1 fully saturated rings. The van der Waals surface area contributed by atoms with Crippen molar-refractivity contribution in [1.29, 1.82) is 0 Å². The standard InChI is InChI=1S/C11H12F3N5.ClH/c12-11(13,14)7-5-16-10(9-8(7)17-6-18-9)19-3-1-15-2-4-19;/h5-6,15H,1-4H2,(H,17,18);1H. The maximum absolute atomic E-state index is 12.9. The summed E-state index contributed by atoms with van der Waals surface area (Å²) in [6.07, 6.45) is -2.29. The molecule has 110 valence electrons. The fourth-order valence-corrected chi connectivity index (χ4v) is 2.24. The number of imidazole rings is 1. The van der Waals surface area contributed by atoms with Crippen LogP contribution in [0.15, 0.2) is 12.5 Å². The summed E-state index contributed by atoms with van der Waals surface area (Å²) in [7, 11) is 0. The number of alkyl halides is 3. The van der Waals surface area contributed by atoms with Gasteiger partial charge in [-0.2, -0.15) is 13.2 Å². The Morgan fingerprint density at radius 3 is 2.50 bits per heavy atom. The molecule has 3 heterocycles. The van der Waals surface area contributed by atoms with Crippen molar-refractivity contribution in [1.82, 2.24) is 20.3 Å². The molecule has 0 amide bonds. The van der Waals surface area contributed by atoms with Gasteiger partial charge in [-0.25, -0.2) is 9.97 Å². The Bertz CT molecular complexity index is 591. The molecule has 20 heavy (non-hydrogen) atoms. The zero-order valence-corrected chi connectivity index (χ0v) is 11.2. The van der Waals surface area contributed by atoms with Gasteiger partial charge in [0, 0.05) is 32.4 Å². The van der Waals surface area contributed by atoms with Gasteiger partial charge in [-0.15, -0.1) is 12.4 Å². The van der Waals surface area contributed by atoms with Crippen molar-refractivity contribution in [2.24, 2.45) is 0 Å². The van der Waals surface area contributed by atoms with Gasteiger partial charge in [-0.1, -0.05) is 0 Å². The first-order valence-electron chi connectivity index (χ1n) is 5.92. The smallest absolute Gasteiger partial charge is 0.352 e. The minimum absolute atomic E-state index is 0. The largest absolute Gasteiger partial charge is 0.419 e. The van der Waals surface area contributed by atoms with Crippen LogP contribution in [-0.4, -0.2) is 41.1 Å². The van der Waals surface area contributed by atoms with Crippen LogP contribution in [0.25, 0.3) is 11.0 Å². The number of aromatic amines is 1. The summed E-state index contributed by atoms with van der Waals surface area (Å²) in [5.41, 5.74) is -0.508. The maximum atomic E-state index is 12.9. The molecular weight excluding hydrogens is 295 g/mol. The van der Waals surface area contributed by atoms with Crippen LogP contribution in [0, 0.1) is 0 Å². The number of pyridine rings is 1. The Labute approximate surface area is 119 Å². The Kier molecular flexibility index (Phi) is 4.05. The first-order valence-corrected chi connectivity index (χ1v) is 5.92. The van der Waals surface area contributed by atoms with Crippen LogP contribution in [-0.2, 0) is 6.18 Å². The molecule has 0 saturated carbocycles. The number of nitrogens with zero attached hydrogens (tertiary/aromatic N) is 3. The minimum Gasteiger partial charge on any atom is -0.352 e. The Morgan fingerprint density at radius 1 is 1.15 bits per heavy atom. The van der Waals surface area contributed by atoms with E-state index in [0.29, 0.717) is 18.9 Å². The number of anilines is 1. The van der Waals surface area contributed by atoms with Gasteiger partial charge in [0.25, 0.3) is 0 Å². The third kappa shape index (κ3) is 2.53. The highest BCUT2D eigenvalue weighted by Gasteiger charge is 2.35. The molecule has 9 heteroatoms. The number of nitrogens with one attached hydrogen (secondary N) is 2. The van der Waals surface area contributed by atoms with Crippen molar-refractivity contribution < 1.29 is 13.2 Å². The number of rotatable bonds is 1. The molecule has 1 saturated heterocycles. The molecule has 1 aliphatic heterocycles. The molecule has 2 N–H and O–H groups in total. The van der Waals surface area contributed by atoms with Gasteiger partial charge in [-0.05, 0) is 0 Å². The van der Waals surface area contributed by atoms with Crippen LogP contribution in [0.4, 0.5) is 19.0 Å². The van der Waals surface area contributed by atoms with Crippen LogP contribution >= 0.6 is 12.4 Å². The first-order chi connectivity index (χ1) is 9.07. The summed E-state index contributed by atoms with van der Waals surface area (Å²) in [6, 6.07) is 0. The third-order valence-electron chi connectivity index (χ3n) is 3.16. The van der Waals surface area contributed by atoms with E-state index in [9.17, 15) is 13.2 Å². The predicted octanol–water partition coefficient (Wildman–Crippen LogP) is 1.81. The second kappa shape index (κ2) is 5.45. The van der Waals surface area contributed by atoms with Crippen LogP contribution < -0.4 is 10.2 Å². The second-order valence-corrected chi connectivity index (χ2v) is 4.36. The lowest BCUT2D eigenvalue weighted by molar-refractivity contribution is -0.136. The number of piperazine rings is 1. The van der Waals surface area contributed by atoms with Gasteiger partial charge in [-0.3, -0.25) is 0 Å². The van der Waals surface area contributed by atoms with Gasteiger partial charge in [0.05, 0.1) is 17.4 Å². The van der Waals surface area contributed by atoms with Crippen molar-refractivity contribution in [3.63, 3.8) is 0 Å². The molecule has 0 aromatic carbocycles. The van der Waals surface area contributed by atoms with Gasteiger partial charge in [0.15, 0.2) is 5.82 Å². The molecule has 0 atom stereocenters. The average molecular weight is 308 g/mol. The molecule has 0 aliphatic carbocycles. The fourth-order valence-electron chi connectivity index (χ4n) is 2.24. The van der Waals surface area contributed by atoms with E-state index in [1.165, 1.54) is 6.33 Å². The molecule has 0 radical (unpaired) electrons. The van der Waals surface area contributed by atoms with E-state index >= 15 is 0 Å². The normalized spacial score (nSPS) is 16.2. The van der Waals surface area contributed by atoms with Crippen LogP contribution in [0.1, 0.15) is 5.56 Å². The van der Waals surface area contributed by atoms with E-state index in [2.05, 4.69) is 20.3 Å². The van der Waals surface area contributed by atoms with E-state index in [1.807, 2.05) is 4.90 Å². The summed E-state index contributed by atoms with van der Waals surface area (Å²) in [5, 5.41) is 3.18. The second-order valence-electron chi connectivity index (χ2n) is 4.36. The highest BCUT2D eigenvalue weighted by atomic mass is 35.5. The lowest BCUT2D eigenvalue weighted by Gasteiger charge is -2.28. The predicted molar refractivity (Wildman–Crippen MR) is 71.2 cm³/mol. The molecule has 0 spiro atoms. The van der Waals surface area contributed by atoms with Crippen molar-refractivity contribution in [2.75, 3.05) is 31.1 Å².